The number of amides is 4. The van der Waals surface area contributed by atoms with Crippen LogP contribution in [0.15, 0.2) is 12.1 Å². The number of rotatable bonds is 4. The number of halogens is 1. The van der Waals surface area contributed by atoms with Crippen LogP contribution in [0.2, 0.25) is 1.41 Å². The molecule has 7 rings (SSSR count). The summed E-state index contributed by atoms with van der Waals surface area (Å²) in [5.41, 5.74) is 0.411. The number of carbonyl (C=O) groups is 4. The number of nitrogens with one attached hydrogen (secondary N) is 2. The van der Waals surface area contributed by atoms with Crippen molar-refractivity contribution in [3.05, 3.63) is 29.1 Å². The van der Waals surface area contributed by atoms with E-state index in [9.17, 15) is 19.2 Å². The zero-order valence-corrected chi connectivity index (χ0v) is 19.5. The summed E-state index contributed by atoms with van der Waals surface area (Å²) in [5.74, 6) is -2.38. The average molecular weight is 485 g/mol. The number of hydrogen-bond acceptors (Lipinski definition) is 7. The molecule has 10 heteroatoms. The molecule has 9 nitrogen and oxygen atoms in total. The fourth-order valence-corrected chi connectivity index (χ4v) is 6.45. The van der Waals surface area contributed by atoms with Gasteiger partial charge >= 0.3 is 0 Å². The van der Waals surface area contributed by atoms with Gasteiger partial charge in [-0.05, 0) is 63.2 Å². The molecule has 1 aromatic rings. The number of nitrogens with zero attached hydrogens (tertiary/aromatic N) is 3. The standard InChI is InChI=1S/C25H30FN5O4/c26-19-9-17-18(25(35)31(24(17)34)20-3-4-22(32)28-23(20)33)10-21(19)30-13-15-1-2-16(30)12-29(15)11-14-5-7-27-8-6-14/h9-10,14-16,20,27H,1-8,11-13H2,(H,28,32,33)/i/hD. The minimum atomic E-state index is -1.07. The van der Waals surface area contributed by atoms with E-state index in [0.29, 0.717) is 24.2 Å². The van der Waals surface area contributed by atoms with Gasteiger partial charge in [0.2, 0.25) is 11.8 Å². The summed E-state index contributed by atoms with van der Waals surface area (Å²) >= 11 is 0. The SMILES string of the molecule is [2H]N1CCC(CN2CC3CCC2CN3c2cc3c(cc2F)C(=O)N(C2CCC(=O)NC2=O)C3=O)CC1. The Morgan fingerprint density at radius 3 is 2.34 bits per heavy atom. The predicted molar refractivity (Wildman–Crippen MR) is 124 cm³/mol. The number of piperidine rings is 4. The van der Waals surface area contributed by atoms with Crippen LogP contribution in [0.25, 0.3) is 0 Å². The first kappa shape index (κ1) is 21.4. The summed E-state index contributed by atoms with van der Waals surface area (Å²) in [7, 11) is 0. The van der Waals surface area contributed by atoms with E-state index < -0.39 is 35.5 Å². The number of anilines is 1. The fourth-order valence-electron chi connectivity index (χ4n) is 6.45. The molecule has 3 atom stereocenters. The van der Waals surface area contributed by atoms with Crippen LogP contribution in [0.5, 0.6) is 0 Å². The molecule has 0 saturated carbocycles. The molecule has 0 aliphatic carbocycles. The average Bonchev–Trinajstić information content (AvgIpc) is 3.09. The van der Waals surface area contributed by atoms with E-state index in [0.717, 1.165) is 62.8 Å². The third kappa shape index (κ3) is 3.83. The van der Waals surface area contributed by atoms with Gasteiger partial charge in [0.25, 0.3) is 11.8 Å². The summed E-state index contributed by atoms with van der Waals surface area (Å²) < 4.78 is 23.1. The first-order chi connectivity index (χ1) is 17.3. The molecule has 4 amide bonds. The number of hydrogen-bond donors (Lipinski definition) is 2. The monoisotopic (exact) mass is 484 g/mol. The lowest BCUT2D eigenvalue weighted by Crippen LogP contribution is -2.63. The normalized spacial score (nSPS) is 30.7. The van der Waals surface area contributed by atoms with Gasteiger partial charge in [0.15, 0.2) is 0 Å². The van der Waals surface area contributed by atoms with Crippen LogP contribution in [0.4, 0.5) is 10.1 Å². The van der Waals surface area contributed by atoms with E-state index in [2.05, 4.69) is 10.2 Å². The second-order valence-corrected chi connectivity index (χ2v) is 10.4. The van der Waals surface area contributed by atoms with Crippen molar-refractivity contribution < 1.29 is 25.0 Å². The van der Waals surface area contributed by atoms with Crippen LogP contribution < -0.4 is 15.5 Å². The van der Waals surface area contributed by atoms with Crippen LogP contribution in [0, 0.1) is 11.7 Å². The largest absolute Gasteiger partial charge is 0.363 e. The number of benzene rings is 1. The smallest absolute Gasteiger partial charge is 0.262 e. The van der Waals surface area contributed by atoms with Gasteiger partial charge in [0.05, 0.1) is 16.8 Å². The molecular weight excluding hydrogens is 453 g/mol. The molecule has 186 valence electrons. The summed E-state index contributed by atoms with van der Waals surface area (Å²) in [4.78, 5) is 55.4. The van der Waals surface area contributed by atoms with Gasteiger partial charge in [-0.15, -0.1) is 0 Å². The van der Waals surface area contributed by atoms with E-state index in [1.807, 2.05) is 4.90 Å². The summed E-state index contributed by atoms with van der Waals surface area (Å²) in [6.07, 6.45) is 4.15. The molecule has 35 heavy (non-hydrogen) atoms. The Hall–Kier alpha value is -2.85. The van der Waals surface area contributed by atoms with Crippen molar-refractivity contribution in [2.45, 2.75) is 56.7 Å². The van der Waals surface area contributed by atoms with Gasteiger partial charge in [-0.3, -0.25) is 34.3 Å². The van der Waals surface area contributed by atoms with Crippen molar-refractivity contribution in [3.8, 4) is 0 Å². The maximum Gasteiger partial charge on any atom is 0.262 e. The minimum absolute atomic E-state index is 0.0320. The van der Waals surface area contributed by atoms with Crippen molar-refractivity contribution in [3.63, 3.8) is 0 Å². The summed E-state index contributed by atoms with van der Waals surface area (Å²) in [5, 5.41) is 3.81. The molecule has 3 unspecified atom stereocenters. The molecule has 0 spiro atoms. The summed E-state index contributed by atoms with van der Waals surface area (Å²) in [6, 6.07) is 1.96. The molecule has 1 aromatic carbocycles. The number of carbonyl (C=O) groups excluding carboxylic acids is 4. The Morgan fingerprint density at radius 1 is 0.943 bits per heavy atom. The number of imide groups is 2. The third-order valence-corrected chi connectivity index (χ3v) is 8.34. The molecule has 6 aliphatic rings. The molecule has 2 N–H and O–H groups in total. The van der Waals surface area contributed by atoms with E-state index >= 15 is 4.39 Å². The quantitative estimate of drug-likeness (QED) is 0.612. The van der Waals surface area contributed by atoms with E-state index in [-0.39, 0.29) is 30.0 Å². The van der Waals surface area contributed by atoms with E-state index in [1.165, 1.54) is 6.07 Å². The van der Waals surface area contributed by atoms with Crippen molar-refractivity contribution in [1.82, 2.24) is 20.4 Å². The second-order valence-electron chi connectivity index (χ2n) is 10.4. The van der Waals surface area contributed by atoms with Crippen molar-refractivity contribution in [2.24, 2.45) is 5.92 Å². The molecule has 6 heterocycles. The van der Waals surface area contributed by atoms with Crippen molar-refractivity contribution in [2.75, 3.05) is 37.6 Å². The highest BCUT2D eigenvalue weighted by atomic mass is 19.1. The van der Waals surface area contributed by atoms with Crippen molar-refractivity contribution >= 4 is 29.3 Å². The zero-order chi connectivity index (χ0) is 25.1. The highest BCUT2D eigenvalue weighted by molar-refractivity contribution is 6.23. The topological polar surface area (TPSA) is 102 Å². The Kier molecular flexibility index (Phi) is 5.31. The van der Waals surface area contributed by atoms with Gasteiger partial charge < -0.3 is 10.2 Å². The second kappa shape index (κ2) is 8.67. The third-order valence-electron chi connectivity index (χ3n) is 8.34. The maximum absolute atomic E-state index is 15.4. The van der Waals surface area contributed by atoms with Gasteiger partial charge in [-0.25, -0.2) is 4.39 Å². The Labute approximate surface area is 204 Å². The first-order valence-corrected chi connectivity index (χ1v) is 12.6. The number of piperazine rings is 1. The fraction of sp³-hybridized carbons (Fsp3) is 0.600. The van der Waals surface area contributed by atoms with Crippen LogP contribution >= 0.6 is 0 Å². The molecule has 0 aromatic heterocycles. The first-order valence-electron chi connectivity index (χ1n) is 13.0. The van der Waals surface area contributed by atoms with Crippen molar-refractivity contribution in [1.29, 1.82) is 0 Å². The predicted octanol–water partition coefficient (Wildman–Crippen LogP) is 0.880. The maximum atomic E-state index is 15.4. The van der Waals surface area contributed by atoms with E-state index in [4.69, 9.17) is 1.41 Å². The molecule has 5 fully saturated rings. The zero-order valence-electron chi connectivity index (χ0n) is 20.5. The van der Waals surface area contributed by atoms with Gasteiger partial charge in [-0.1, -0.05) is 0 Å². The van der Waals surface area contributed by atoms with Crippen LogP contribution in [0.1, 0.15) is 59.2 Å². The van der Waals surface area contributed by atoms with Gasteiger partial charge in [0, 0.05) is 38.1 Å². The lowest BCUT2D eigenvalue weighted by molar-refractivity contribution is -0.136. The lowest BCUT2D eigenvalue weighted by Gasteiger charge is -2.53. The Balaban J connectivity index is 1.20. The highest BCUT2D eigenvalue weighted by Crippen LogP contribution is 2.38. The van der Waals surface area contributed by atoms with Crippen LogP contribution in [-0.4, -0.2) is 84.3 Å². The molecule has 6 aliphatic heterocycles. The highest BCUT2D eigenvalue weighted by Gasteiger charge is 2.46. The van der Waals surface area contributed by atoms with Crippen LogP contribution in [0.3, 0.4) is 0 Å². The summed E-state index contributed by atoms with van der Waals surface area (Å²) in [6.45, 7) is 4.11. The molecule has 5 saturated heterocycles. The lowest BCUT2D eigenvalue weighted by atomic mass is 9.87. The van der Waals surface area contributed by atoms with Crippen LogP contribution in [-0.2, 0) is 9.59 Å². The van der Waals surface area contributed by atoms with Gasteiger partial charge in [0.1, 0.15) is 13.3 Å². The van der Waals surface area contributed by atoms with E-state index in [1.54, 1.807) is 5.31 Å². The molecule has 0 radical (unpaired) electrons. The minimum Gasteiger partial charge on any atom is -0.363 e. The number of fused-ring (bicyclic) bond motifs is 4. The van der Waals surface area contributed by atoms with Gasteiger partial charge in [-0.2, -0.15) is 0 Å². The Morgan fingerprint density at radius 2 is 1.66 bits per heavy atom. The molecule has 2 bridgehead atoms. The molecular formula is C25H30FN5O4. The Bertz CT molecular complexity index is 1140.